The summed E-state index contributed by atoms with van der Waals surface area (Å²) in [6, 6.07) is 4.09. The fourth-order valence-corrected chi connectivity index (χ4v) is 7.52. The van der Waals surface area contributed by atoms with Gasteiger partial charge >= 0.3 is 5.97 Å². The van der Waals surface area contributed by atoms with E-state index in [1.165, 1.54) is 35.9 Å². The number of aryl methyl sites for hydroxylation is 1. The van der Waals surface area contributed by atoms with Crippen LogP contribution in [0.5, 0.6) is 0 Å². The molecule has 4 rings (SSSR count). The first-order chi connectivity index (χ1) is 15.1. The quantitative estimate of drug-likeness (QED) is 0.172. The van der Waals surface area contributed by atoms with Crippen molar-refractivity contribution < 1.29 is 27.7 Å². The van der Waals surface area contributed by atoms with Crippen molar-refractivity contribution >= 4 is 39.2 Å². The van der Waals surface area contributed by atoms with Gasteiger partial charge in [-0.05, 0) is 35.0 Å². The lowest BCUT2D eigenvalue weighted by Gasteiger charge is -2.36. The van der Waals surface area contributed by atoms with Gasteiger partial charge in [0.1, 0.15) is 16.7 Å². The van der Waals surface area contributed by atoms with Gasteiger partial charge in [-0.2, -0.15) is 0 Å². The number of sulfone groups is 1. The number of nitro benzene ring substituents is 1. The average Bonchev–Trinajstić information content (AvgIpc) is 3.21. The first kappa shape index (κ1) is 22.1. The number of aromatic nitrogens is 4. The zero-order valence-electron chi connectivity index (χ0n) is 16.9. The molecule has 3 heterocycles. The molecule has 32 heavy (non-hydrogen) atoms. The van der Waals surface area contributed by atoms with Crippen molar-refractivity contribution in [2.45, 2.75) is 41.3 Å². The van der Waals surface area contributed by atoms with Crippen LogP contribution in [-0.4, -0.2) is 72.2 Å². The van der Waals surface area contributed by atoms with Crippen molar-refractivity contribution in [3.63, 3.8) is 0 Å². The third kappa shape index (κ3) is 3.40. The Morgan fingerprint density at radius 1 is 1.38 bits per heavy atom. The van der Waals surface area contributed by atoms with Gasteiger partial charge in [0, 0.05) is 24.9 Å². The van der Waals surface area contributed by atoms with Gasteiger partial charge in [0.15, 0.2) is 15.9 Å². The Bertz CT molecular complexity index is 1200. The molecule has 2 aromatic rings. The van der Waals surface area contributed by atoms with Gasteiger partial charge < -0.3 is 9.64 Å². The molecule has 1 amide bonds. The first-order valence-electron chi connectivity index (χ1n) is 9.36. The topological polar surface area (TPSA) is 167 Å². The molecule has 1 aromatic heterocycles. The maximum atomic E-state index is 13.2. The highest BCUT2D eigenvalue weighted by Gasteiger charge is 2.70. The highest BCUT2D eigenvalue weighted by atomic mass is 32.2. The molecule has 0 radical (unpaired) electrons. The second-order valence-electron chi connectivity index (χ2n) is 7.63. The molecule has 15 heteroatoms. The van der Waals surface area contributed by atoms with Crippen LogP contribution in [0.4, 0.5) is 5.69 Å². The Morgan fingerprint density at radius 3 is 2.62 bits per heavy atom. The van der Waals surface area contributed by atoms with Crippen molar-refractivity contribution in [1.82, 2.24) is 25.1 Å². The summed E-state index contributed by atoms with van der Waals surface area (Å²) in [6.07, 6.45) is -0.180. The number of tetrazole rings is 1. The predicted octanol–water partition coefficient (Wildman–Crippen LogP) is 0.0679. The van der Waals surface area contributed by atoms with E-state index in [0.29, 0.717) is 10.7 Å². The minimum absolute atomic E-state index is 0.0683. The lowest BCUT2D eigenvalue weighted by Crippen LogP contribution is -2.58. The molecule has 2 fully saturated rings. The number of hydrogen-bond acceptors (Lipinski definition) is 11. The molecular weight excluding hydrogens is 464 g/mol. The number of nitro groups is 1. The van der Waals surface area contributed by atoms with E-state index in [2.05, 4.69) is 15.5 Å². The van der Waals surface area contributed by atoms with Crippen LogP contribution in [0.3, 0.4) is 0 Å². The third-order valence-electron chi connectivity index (χ3n) is 5.63. The van der Waals surface area contributed by atoms with Gasteiger partial charge in [-0.15, -0.1) is 5.10 Å². The molecule has 170 valence electrons. The third-order valence-corrected chi connectivity index (χ3v) is 9.94. The largest absolute Gasteiger partial charge is 0.459 e. The molecule has 0 bridgehead atoms. The van der Waals surface area contributed by atoms with E-state index in [9.17, 15) is 28.1 Å². The summed E-state index contributed by atoms with van der Waals surface area (Å²) < 4.78 is 31.5. The maximum Gasteiger partial charge on any atom is 0.330 e. The monoisotopic (exact) mass is 482 g/mol. The molecule has 0 aliphatic carbocycles. The standard InChI is InChI=1S/C17H18N6O7S2/c1-17(9-31-16-18-19-20-21(16)2)14(22-12(24)7-13(22)32(17,28)29)15(25)30-8-10-3-5-11(6-4-10)23(26)27/h3-6,13-14H,7-9H2,1-2H3/t13-,14+,17+/m1/s1. The Morgan fingerprint density at radius 2 is 2.06 bits per heavy atom. The highest BCUT2D eigenvalue weighted by molar-refractivity contribution is 8.01. The van der Waals surface area contributed by atoms with E-state index in [1.807, 2.05) is 0 Å². The number of hydrogen-bond donors (Lipinski definition) is 0. The van der Waals surface area contributed by atoms with Gasteiger partial charge in [-0.1, -0.05) is 11.8 Å². The number of fused-ring (bicyclic) bond motifs is 1. The lowest BCUT2D eigenvalue weighted by atomic mass is 9.98. The molecule has 2 saturated heterocycles. The van der Waals surface area contributed by atoms with Gasteiger partial charge in [0.25, 0.3) is 5.69 Å². The summed E-state index contributed by atoms with van der Waals surface area (Å²) in [5, 5.41) is 21.1. The van der Waals surface area contributed by atoms with E-state index in [0.717, 1.165) is 16.7 Å². The Kier molecular flexibility index (Phi) is 5.40. The van der Waals surface area contributed by atoms with E-state index < -0.39 is 42.8 Å². The maximum absolute atomic E-state index is 13.2. The van der Waals surface area contributed by atoms with E-state index in [4.69, 9.17) is 4.74 Å². The molecular formula is C17H18N6O7S2. The van der Waals surface area contributed by atoms with Crippen molar-refractivity contribution in [2.75, 3.05) is 5.75 Å². The minimum Gasteiger partial charge on any atom is -0.459 e. The van der Waals surface area contributed by atoms with Gasteiger partial charge in [0.05, 0.1) is 11.3 Å². The number of thioether (sulfide) groups is 1. The number of nitrogens with zero attached hydrogens (tertiary/aromatic N) is 6. The van der Waals surface area contributed by atoms with E-state index in [1.54, 1.807) is 7.05 Å². The Balaban J connectivity index is 1.55. The Labute approximate surface area is 186 Å². The van der Waals surface area contributed by atoms with Crippen molar-refractivity contribution in [2.24, 2.45) is 7.05 Å². The molecule has 2 aliphatic rings. The molecule has 3 atom stereocenters. The number of β-lactam (4-membered cyclic amide) rings is 1. The summed E-state index contributed by atoms with van der Waals surface area (Å²) in [7, 11) is -2.29. The van der Waals surface area contributed by atoms with E-state index in [-0.39, 0.29) is 24.5 Å². The summed E-state index contributed by atoms with van der Waals surface area (Å²) in [5.41, 5.74) is 0.372. The number of carbonyl (C=O) groups is 2. The van der Waals surface area contributed by atoms with Crippen molar-refractivity contribution in [3.8, 4) is 0 Å². The summed E-state index contributed by atoms with van der Waals surface area (Å²) in [4.78, 5) is 36.5. The predicted molar refractivity (Wildman–Crippen MR) is 109 cm³/mol. The smallest absolute Gasteiger partial charge is 0.330 e. The van der Waals surface area contributed by atoms with Crippen LogP contribution >= 0.6 is 11.8 Å². The Hall–Kier alpha value is -3.07. The van der Waals surface area contributed by atoms with Crippen LogP contribution in [0.1, 0.15) is 18.9 Å². The normalized spacial score (nSPS) is 25.8. The van der Waals surface area contributed by atoms with Crippen LogP contribution < -0.4 is 0 Å². The zero-order valence-corrected chi connectivity index (χ0v) is 18.6. The highest BCUT2D eigenvalue weighted by Crippen LogP contribution is 2.48. The van der Waals surface area contributed by atoms with Gasteiger partial charge in [-0.3, -0.25) is 14.9 Å². The molecule has 1 aromatic carbocycles. The molecule has 2 aliphatic heterocycles. The van der Waals surface area contributed by atoms with Crippen molar-refractivity contribution in [1.29, 1.82) is 0 Å². The number of amides is 1. The van der Waals surface area contributed by atoms with Crippen LogP contribution in [0.2, 0.25) is 0 Å². The molecule has 0 saturated carbocycles. The summed E-state index contributed by atoms with van der Waals surface area (Å²) >= 11 is 1.06. The molecule has 0 unspecified atom stereocenters. The second-order valence-corrected chi connectivity index (χ2v) is 11.1. The fourth-order valence-electron chi connectivity index (χ4n) is 3.75. The summed E-state index contributed by atoms with van der Waals surface area (Å²) in [6.45, 7) is 1.19. The number of non-ortho nitro benzene ring substituents is 1. The average molecular weight is 483 g/mol. The number of benzene rings is 1. The number of esters is 1. The fraction of sp³-hybridized carbons (Fsp3) is 0.471. The number of rotatable bonds is 7. The van der Waals surface area contributed by atoms with E-state index >= 15 is 0 Å². The molecule has 13 nitrogen and oxygen atoms in total. The minimum atomic E-state index is -3.89. The zero-order chi connectivity index (χ0) is 23.3. The van der Waals surface area contributed by atoms with Gasteiger partial charge in [0.2, 0.25) is 11.1 Å². The number of carbonyl (C=O) groups excluding carboxylic acids is 2. The SMILES string of the molecule is Cn1nnnc1SC[C@@]1(C)[C@H](C(=O)OCc2ccc([N+](=O)[O-])cc2)N2C(=O)C[C@H]2S1(=O)=O. The van der Waals surface area contributed by atoms with Crippen LogP contribution in [0, 0.1) is 10.1 Å². The van der Waals surface area contributed by atoms with Crippen molar-refractivity contribution in [3.05, 3.63) is 39.9 Å². The van der Waals surface area contributed by atoms with Crippen LogP contribution in [-0.2, 0) is 37.8 Å². The lowest BCUT2D eigenvalue weighted by molar-refractivity contribution is -0.384. The van der Waals surface area contributed by atoms with Crippen LogP contribution in [0.25, 0.3) is 0 Å². The second kappa shape index (κ2) is 7.81. The summed E-state index contributed by atoms with van der Waals surface area (Å²) in [5.74, 6) is -1.37. The first-order valence-corrected chi connectivity index (χ1v) is 11.9. The molecule has 0 spiro atoms. The number of ether oxygens (including phenoxy) is 1. The van der Waals surface area contributed by atoms with Crippen LogP contribution in [0.15, 0.2) is 29.4 Å². The molecule has 0 N–H and O–H groups in total. The van der Waals surface area contributed by atoms with Gasteiger partial charge in [-0.25, -0.2) is 17.9 Å².